The number of amides is 1. The van der Waals surface area contributed by atoms with Crippen molar-refractivity contribution in [1.29, 1.82) is 0 Å². The van der Waals surface area contributed by atoms with Gasteiger partial charge in [-0.2, -0.15) is 11.8 Å². The van der Waals surface area contributed by atoms with Crippen molar-refractivity contribution in [2.45, 2.75) is 31.6 Å². The zero-order chi connectivity index (χ0) is 11.3. The van der Waals surface area contributed by atoms with E-state index in [1.165, 1.54) is 0 Å². The van der Waals surface area contributed by atoms with Crippen LogP contribution in [0, 0.1) is 0 Å². The molecule has 0 aromatic carbocycles. The third kappa shape index (κ3) is 6.89. The van der Waals surface area contributed by atoms with Crippen LogP contribution in [0.15, 0.2) is 0 Å². The highest BCUT2D eigenvalue weighted by Crippen LogP contribution is 2.22. The first-order valence-corrected chi connectivity index (χ1v) is 7.36. The number of carbonyl (C=O) groups is 1. The fourth-order valence-electron chi connectivity index (χ4n) is 1.22. The second-order valence-electron chi connectivity index (χ2n) is 4.52. The molecule has 16 heavy (non-hydrogen) atoms. The smallest absolute Gasteiger partial charge is 0.238 e. The second kappa shape index (κ2) is 7.69. The van der Waals surface area contributed by atoms with Crippen LogP contribution in [0.1, 0.15) is 20.8 Å². The minimum Gasteiger partial charge on any atom is -0.354 e. The van der Waals surface area contributed by atoms with E-state index in [1.54, 1.807) is 11.8 Å². The van der Waals surface area contributed by atoms with Crippen molar-refractivity contribution >= 4 is 41.8 Å². The summed E-state index contributed by atoms with van der Waals surface area (Å²) in [4.78, 5) is 11.6. The van der Waals surface area contributed by atoms with E-state index < -0.39 is 0 Å². The van der Waals surface area contributed by atoms with Crippen molar-refractivity contribution < 1.29 is 4.79 Å². The highest BCUT2D eigenvalue weighted by atomic mass is 35.5. The van der Waals surface area contributed by atoms with Gasteiger partial charge in [-0.05, 0) is 0 Å². The minimum atomic E-state index is 0. The summed E-state index contributed by atoms with van der Waals surface area (Å²) in [5, 5.41) is 6.12. The molecule has 1 unspecified atom stereocenters. The fraction of sp³-hybridized carbons (Fsp3) is 0.900. The Hall–Kier alpha value is 0.420. The molecule has 2 N–H and O–H groups in total. The van der Waals surface area contributed by atoms with Crippen LogP contribution in [0.2, 0.25) is 0 Å². The molecule has 1 amide bonds. The lowest BCUT2D eigenvalue weighted by molar-refractivity contribution is -0.122. The van der Waals surface area contributed by atoms with Crippen molar-refractivity contribution in [2.24, 2.45) is 0 Å². The molecule has 6 heteroatoms. The Balaban J connectivity index is 0.00000225. The SMILES string of the molecule is CC(C)(C)SCCNC(=O)C1CSCN1.Cl. The summed E-state index contributed by atoms with van der Waals surface area (Å²) in [6.45, 7) is 7.33. The van der Waals surface area contributed by atoms with E-state index >= 15 is 0 Å². The molecule has 1 heterocycles. The van der Waals surface area contributed by atoms with Gasteiger partial charge in [0, 0.05) is 28.7 Å². The van der Waals surface area contributed by atoms with Gasteiger partial charge in [-0.1, -0.05) is 20.8 Å². The summed E-state index contributed by atoms with van der Waals surface area (Å²) >= 11 is 3.65. The van der Waals surface area contributed by atoms with Gasteiger partial charge >= 0.3 is 0 Å². The van der Waals surface area contributed by atoms with E-state index in [1.807, 2.05) is 11.8 Å². The summed E-state index contributed by atoms with van der Waals surface area (Å²) in [5.74, 6) is 2.93. The molecule has 1 fully saturated rings. The van der Waals surface area contributed by atoms with Crippen molar-refractivity contribution in [2.75, 3.05) is 23.9 Å². The van der Waals surface area contributed by atoms with E-state index in [4.69, 9.17) is 0 Å². The number of thioether (sulfide) groups is 2. The average Bonchev–Trinajstić information content (AvgIpc) is 2.63. The van der Waals surface area contributed by atoms with Crippen LogP contribution < -0.4 is 10.6 Å². The van der Waals surface area contributed by atoms with Crippen molar-refractivity contribution in [3.05, 3.63) is 0 Å². The van der Waals surface area contributed by atoms with Crippen LogP contribution in [0.3, 0.4) is 0 Å². The third-order valence-corrected chi connectivity index (χ3v) is 4.18. The normalized spacial score (nSPS) is 20.3. The van der Waals surface area contributed by atoms with E-state index in [9.17, 15) is 4.79 Å². The zero-order valence-electron chi connectivity index (χ0n) is 10.0. The van der Waals surface area contributed by atoms with Crippen molar-refractivity contribution in [1.82, 2.24) is 10.6 Å². The predicted octanol–water partition coefficient (Wildman–Crippen LogP) is 1.72. The molecule has 1 rings (SSSR count). The number of hydrogen-bond donors (Lipinski definition) is 2. The quantitative estimate of drug-likeness (QED) is 0.772. The van der Waals surface area contributed by atoms with Gasteiger partial charge in [0.15, 0.2) is 0 Å². The van der Waals surface area contributed by atoms with E-state index in [2.05, 4.69) is 31.4 Å². The number of halogens is 1. The number of rotatable bonds is 4. The van der Waals surface area contributed by atoms with Gasteiger partial charge < -0.3 is 5.32 Å². The maximum absolute atomic E-state index is 11.6. The fourth-order valence-corrected chi connectivity index (χ4v) is 2.98. The Morgan fingerprint density at radius 2 is 2.25 bits per heavy atom. The van der Waals surface area contributed by atoms with Gasteiger partial charge in [0.1, 0.15) is 0 Å². The lowest BCUT2D eigenvalue weighted by Gasteiger charge is -2.18. The van der Waals surface area contributed by atoms with Crippen LogP contribution in [0.4, 0.5) is 0 Å². The summed E-state index contributed by atoms with van der Waals surface area (Å²) in [6, 6.07) is 0.0228. The van der Waals surface area contributed by atoms with Gasteiger partial charge in [-0.25, -0.2) is 0 Å². The number of carbonyl (C=O) groups excluding carboxylic acids is 1. The Bertz CT molecular complexity index is 215. The van der Waals surface area contributed by atoms with Crippen LogP contribution in [-0.4, -0.2) is 40.6 Å². The van der Waals surface area contributed by atoms with Gasteiger partial charge in [0.25, 0.3) is 0 Å². The maximum Gasteiger partial charge on any atom is 0.238 e. The van der Waals surface area contributed by atoms with E-state index in [-0.39, 0.29) is 29.1 Å². The molecule has 1 aliphatic heterocycles. The largest absolute Gasteiger partial charge is 0.354 e. The summed E-state index contributed by atoms with van der Waals surface area (Å²) < 4.78 is 0.284. The lowest BCUT2D eigenvalue weighted by Crippen LogP contribution is -2.42. The standard InChI is InChI=1S/C10H20N2OS2.ClH/c1-10(2,3)15-5-4-11-9(13)8-6-14-7-12-8;/h8,12H,4-7H2,1-3H3,(H,11,13);1H. The van der Waals surface area contributed by atoms with E-state index in [0.29, 0.717) is 0 Å². The molecule has 1 atom stereocenters. The van der Waals surface area contributed by atoms with E-state index in [0.717, 1.165) is 23.9 Å². The highest BCUT2D eigenvalue weighted by molar-refractivity contribution is 8.00. The molecular formula is C10H21ClN2OS2. The maximum atomic E-state index is 11.6. The minimum absolute atomic E-state index is 0. The molecule has 0 radical (unpaired) electrons. The molecule has 0 aromatic rings. The molecule has 0 bridgehead atoms. The topological polar surface area (TPSA) is 41.1 Å². The van der Waals surface area contributed by atoms with Crippen LogP contribution in [-0.2, 0) is 4.79 Å². The molecule has 0 saturated carbocycles. The molecule has 1 saturated heterocycles. The van der Waals surface area contributed by atoms with Crippen LogP contribution >= 0.6 is 35.9 Å². The molecule has 0 spiro atoms. The van der Waals surface area contributed by atoms with Crippen LogP contribution in [0.5, 0.6) is 0 Å². The van der Waals surface area contributed by atoms with Gasteiger partial charge in [0.05, 0.1) is 6.04 Å². The van der Waals surface area contributed by atoms with Crippen LogP contribution in [0.25, 0.3) is 0 Å². The molecule has 96 valence electrons. The molecular weight excluding hydrogens is 264 g/mol. The summed E-state index contributed by atoms with van der Waals surface area (Å²) in [6.07, 6.45) is 0. The monoisotopic (exact) mass is 284 g/mol. The Morgan fingerprint density at radius 3 is 2.75 bits per heavy atom. The van der Waals surface area contributed by atoms with Crippen molar-refractivity contribution in [3.63, 3.8) is 0 Å². The molecule has 0 aliphatic carbocycles. The Labute approximate surface area is 113 Å². The lowest BCUT2D eigenvalue weighted by atomic mass is 10.3. The Morgan fingerprint density at radius 1 is 1.56 bits per heavy atom. The number of nitrogens with one attached hydrogen (secondary N) is 2. The Kier molecular flexibility index (Phi) is 7.89. The highest BCUT2D eigenvalue weighted by Gasteiger charge is 2.21. The molecule has 0 aromatic heterocycles. The first-order valence-electron chi connectivity index (χ1n) is 5.22. The third-order valence-electron chi connectivity index (χ3n) is 1.97. The first-order chi connectivity index (χ1) is 6.99. The first kappa shape index (κ1) is 16.4. The molecule has 1 aliphatic rings. The van der Waals surface area contributed by atoms with Gasteiger partial charge in [-0.15, -0.1) is 24.2 Å². The van der Waals surface area contributed by atoms with Gasteiger partial charge in [-0.3, -0.25) is 10.1 Å². The van der Waals surface area contributed by atoms with Gasteiger partial charge in [0.2, 0.25) is 5.91 Å². The predicted molar refractivity (Wildman–Crippen MR) is 76.7 cm³/mol. The molecule has 3 nitrogen and oxygen atoms in total. The number of hydrogen-bond acceptors (Lipinski definition) is 4. The second-order valence-corrected chi connectivity index (χ2v) is 7.48. The summed E-state index contributed by atoms with van der Waals surface area (Å²) in [7, 11) is 0. The van der Waals surface area contributed by atoms with Crippen molar-refractivity contribution in [3.8, 4) is 0 Å². The summed E-state index contributed by atoms with van der Waals surface area (Å²) in [5.41, 5.74) is 0. The average molecular weight is 285 g/mol. The zero-order valence-corrected chi connectivity index (χ0v) is 12.5.